The summed E-state index contributed by atoms with van der Waals surface area (Å²) in [4.78, 5) is 12.4. The quantitative estimate of drug-likeness (QED) is 0.841. The minimum Gasteiger partial charge on any atom is -0.333 e. The Morgan fingerprint density at radius 1 is 1.47 bits per heavy atom. The maximum Gasteiger partial charge on any atom is 0.227 e. The molecule has 3 heterocycles. The summed E-state index contributed by atoms with van der Waals surface area (Å²) in [6, 6.07) is 8.42. The molecule has 4 nitrogen and oxygen atoms in total. The van der Waals surface area contributed by atoms with Crippen molar-refractivity contribution in [2.24, 2.45) is 0 Å². The molecule has 1 aliphatic rings. The number of thiophene rings is 1. The highest BCUT2D eigenvalue weighted by Crippen LogP contribution is 2.36. The van der Waals surface area contributed by atoms with Crippen LogP contribution in [0.1, 0.15) is 35.1 Å². The number of aryl methyl sites for hydroxylation is 1. The van der Waals surface area contributed by atoms with Crippen LogP contribution in [0.25, 0.3) is 0 Å². The van der Waals surface area contributed by atoms with E-state index in [0.717, 1.165) is 25.1 Å². The van der Waals surface area contributed by atoms with Crippen LogP contribution in [-0.2, 0) is 0 Å². The van der Waals surface area contributed by atoms with Crippen molar-refractivity contribution in [2.45, 2.75) is 25.8 Å². The van der Waals surface area contributed by atoms with E-state index >= 15 is 0 Å². The standard InChI is InChI=1S/C14H14N4S/c1-10-8-11(9-15)17-14(16-10)18-6-2-4-12(18)13-5-3-7-19-13/h3,5,7-8,12H,2,4,6H2,1H3. The van der Waals surface area contributed by atoms with Gasteiger partial charge < -0.3 is 4.90 Å². The Kier molecular flexibility index (Phi) is 3.18. The average molecular weight is 270 g/mol. The summed E-state index contributed by atoms with van der Waals surface area (Å²) < 4.78 is 0. The van der Waals surface area contributed by atoms with Gasteiger partial charge >= 0.3 is 0 Å². The normalized spacial score (nSPS) is 18.5. The Balaban J connectivity index is 1.97. The first-order chi connectivity index (χ1) is 9.28. The van der Waals surface area contributed by atoms with E-state index < -0.39 is 0 Å². The van der Waals surface area contributed by atoms with Crippen LogP contribution in [0.5, 0.6) is 0 Å². The summed E-state index contributed by atoms with van der Waals surface area (Å²) in [5.74, 6) is 0.687. The molecule has 5 heteroatoms. The molecule has 0 bridgehead atoms. The van der Waals surface area contributed by atoms with Gasteiger partial charge in [0.15, 0.2) is 0 Å². The first kappa shape index (κ1) is 12.1. The molecule has 0 radical (unpaired) electrons. The van der Waals surface area contributed by atoms with E-state index in [9.17, 15) is 0 Å². The van der Waals surface area contributed by atoms with E-state index in [0.29, 0.717) is 17.7 Å². The predicted molar refractivity (Wildman–Crippen MR) is 75.1 cm³/mol. The van der Waals surface area contributed by atoms with Crippen LogP contribution in [0.3, 0.4) is 0 Å². The van der Waals surface area contributed by atoms with Crippen LogP contribution in [0.2, 0.25) is 0 Å². The second kappa shape index (κ2) is 4.98. The Hall–Kier alpha value is -1.93. The van der Waals surface area contributed by atoms with Gasteiger partial charge in [0.2, 0.25) is 5.95 Å². The second-order valence-corrected chi connectivity index (χ2v) is 5.65. The van der Waals surface area contributed by atoms with E-state index in [4.69, 9.17) is 5.26 Å². The molecule has 1 saturated heterocycles. The minimum absolute atomic E-state index is 0.355. The third-order valence-electron chi connectivity index (χ3n) is 3.34. The molecule has 2 aromatic heterocycles. The Bertz CT molecular complexity index is 615. The smallest absolute Gasteiger partial charge is 0.227 e. The average Bonchev–Trinajstić information content (AvgIpc) is 3.08. The van der Waals surface area contributed by atoms with E-state index in [1.807, 2.05) is 6.92 Å². The molecule has 0 aliphatic carbocycles. The molecular formula is C14H14N4S. The van der Waals surface area contributed by atoms with Gasteiger partial charge in [-0.05, 0) is 37.3 Å². The molecule has 0 saturated carbocycles. The highest BCUT2D eigenvalue weighted by atomic mass is 32.1. The van der Waals surface area contributed by atoms with Crippen molar-refractivity contribution in [3.05, 3.63) is 39.8 Å². The molecule has 1 atom stereocenters. The molecule has 19 heavy (non-hydrogen) atoms. The van der Waals surface area contributed by atoms with Gasteiger partial charge in [-0.25, -0.2) is 9.97 Å². The molecule has 0 aromatic carbocycles. The van der Waals surface area contributed by atoms with Gasteiger partial charge in [0.25, 0.3) is 0 Å². The molecule has 3 rings (SSSR count). The van der Waals surface area contributed by atoms with Crippen LogP contribution in [0, 0.1) is 18.3 Å². The SMILES string of the molecule is Cc1cc(C#N)nc(N2CCCC2c2cccs2)n1. The lowest BCUT2D eigenvalue weighted by molar-refractivity contribution is 0.712. The predicted octanol–water partition coefficient (Wildman–Crippen LogP) is 3.06. The molecule has 2 aromatic rings. The molecular weight excluding hydrogens is 256 g/mol. The van der Waals surface area contributed by atoms with Gasteiger partial charge in [-0.3, -0.25) is 0 Å². The lowest BCUT2D eigenvalue weighted by Crippen LogP contribution is -2.24. The summed E-state index contributed by atoms with van der Waals surface area (Å²) in [6.07, 6.45) is 2.27. The number of nitriles is 1. The highest BCUT2D eigenvalue weighted by Gasteiger charge is 2.29. The van der Waals surface area contributed by atoms with E-state index in [-0.39, 0.29) is 0 Å². The zero-order valence-corrected chi connectivity index (χ0v) is 11.5. The fourth-order valence-electron chi connectivity index (χ4n) is 2.52. The summed E-state index contributed by atoms with van der Waals surface area (Å²) in [6.45, 7) is 2.86. The summed E-state index contributed by atoms with van der Waals surface area (Å²) in [7, 11) is 0. The lowest BCUT2D eigenvalue weighted by Gasteiger charge is -2.24. The maximum atomic E-state index is 9.02. The summed E-state index contributed by atoms with van der Waals surface area (Å²) in [5, 5.41) is 11.1. The second-order valence-electron chi connectivity index (χ2n) is 4.67. The number of anilines is 1. The van der Waals surface area contributed by atoms with Crippen molar-refractivity contribution in [3.8, 4) is 6.07 Å². The van der Waals surface area contributed by atoms with Crippen LogP contribution in [0.4, 0.5) is 5.95 Å². The molecule has 1 fully saturated rings. The molecule has 0 N–H and O–H groups in total. The van der Waals surface area contributed by atoms with E-state index in [1.165, 1.54) is 4.88 Å². The molecule has 96 valence electrons. The van der Waals surface area contributed by atoms with Crippen LogP contribution >= 0.6 is 11.3 Å². The molecule has 1 unspecified atom stereocenters. The van der Waals surface area contributed by atoms with Gasteiger partial charge in [0, 0.05) is 17.1 Å². The third kappa shape index (κ3) is 2.32. The Labute approximate surface area is 116 Å². The summed E-state index contributed by atoms with van der Waals surface area (Å²) in [5.41, 5.74) is 1.29. The highest BCUT2D eigenvalue weighted by molar-refractivity contribution is 7.10. The van der Waals surface area contributed by atoms with Gasteiger partial charge in [-0.15, -0.1) is 11.3 Å². The van der Waals surface area contributed by atoms with Crippen LogP contribution < -0.4 is 4.90 Å². The van der Waals surface area contributed by atoms with Gasteiger partial charge in [-0.1, -0.05) is 6.07 Å². The number of nitrogens with zero attached hydrogens (tertiary/aromatic N) is 4. The molecule has 0 amide bonds. The first-order valence-corrected chi connectivity index (χ1v) is 7.22. The number of rotatable bonds is 2. The fraction of sp³-hybridized carbons (Fsp3) is 0.357. The van der Waals surface area contributed by atoms with Crippen molar-refractivity contribution in [2.75, 3.05) is 11.4 Å². The Morgan fingerprint density at radius 2 is 2.37 bits per heavy atom. The fourth-order valence-corrected chi connectivity index (χ4v) is 3.39. The van der Waals surface area contributed by atoms with Crippen molar-refractivity contribution < 1.29 is 0 Å². The number of hydrogen-bond acceptors (Lipinski definition) is 5. The zero-order valence-electron chi connectivity index (χ0n) is 10.7. The van der Waals surface area contributed by atoms with Crippen molar-refractivity contribution in [1.82, 2.24) is 9.97 Å². The van der Waals surface area contributed by atoms with E-state index in [2.05, 4.69) is 38.4 Å². The van der Waals surface area contributed by atoms with Crippen molar-refractivity contribution >= 4 is 17.3 Å². The van der Waals surface area contributed by atoms with Crippen LogP contribution in [0.15, 0.2) is 23.6 Å². The monoisotopic (exact) mass is 270 g/mol. The first-order valence-electron chi connectivity index (χ1n) is 6.34. The van der Waals surface area contributed by atoms with Gasteiger partial charge in [0.1, 0.15) is 11.8 Å². The van der Waals surface area contributed by atoms with Gasteiger partial charge in [0.05, 0.1) is 6.04 Å². The topological polar surface area (TPSA) is 52.8 Å². The third-order valence-corrected chi connectivity index (χ3v) is 4.31. The Morgan fingerprint density at radius 3 is 3.11 bits per heavy atom. The number of hydrogen-bond donors (Lipinski definition) is 0. The lowest BCUT2D eigenvalue weighted by atomic mass is 10.2. The van der Waals surface area contributed by atoms with E-state index in [1.54, 1.807) is 17.4 Å². The molecule has 1 aliphatic heterocycles. The van der Waals surface area contributed by atoms with Crippen molar-refractivity contribution in [1.29, 1.82) is 5.26 Å². The maximum absolute atomic E-state index is 9.02. The largest absolute Gasteiger partial charge is 0.333 e. The van der Waals surface area contributed by atoms with Crippen LogP contribution in [-0.4, -0.2) is 16.5 Å². The minimum atomic E-state index is 0.355. The summed E-state index contributed by atoms with van der Waals surface area (Å²) >= 11 is 1.77. The molecule has 0 spiro atoms. The zero-order chi connectivity index (χ0) is 13.2. The van der Waals surface area contributed by atoms with Gasteiger partial charge in [-0.2, -0.15) is 5.26 Å². The number of aromatic nitrogens is 2. The van der Waals surface area contributed by atoms with Crippen molar-refractivity contribution in [3.63, 3.8) is 0 Å².